The zero-order valence-corrected chi connectivity index (χ0v) is 13.6. The fraction of sp³-hybridized carbons (Fsp3) is 0.500. The number of anilines is 1. The number of hydrogen-bond donors (Lipinski definition) is 1. The Balaban J connectivity index is 2.81. The summed E-state index contributed by atoms with van der Waals surface area (Å²) in [6.07, 6.45) is 1.14. The van der Waals surface area contributed by atoms with Crippen LogP contribution < -0.4 is 14.4 Å². The van der Waals surface area contributed by atoms with E-state index in [0.29, 0.717) is 24.4 Å². The molecule has 1 atom stereocenters. The maximum Gasteiger partial charge on any atom is 0.261 e. The van der Waals surface area contributed by atoms with E-state index in [9.17, 15) is 13.2 Å². The predicted octanol–water partition coefficient (Wildman–Crippen LogP) is 1.38. The Hall–Kier alpha value is -1.76. The van der Waals surface area contributed by atoms with E-state index >= 15 is 0 Å². The van der Waals surface area contributed by atoms with Crippen LogP contribution in [0.15, 0.2) is 24.3 Å². The number of carbonyl (C=O) groups excluding carboxylic acids is 1. The molecule has 0 aliphatic heterocycles. The van der Waals surface area contributed by atoms with Crippen LogP contribution in [0.25, 0.3) is 0 Å². The molecule has 0 saturated heterocycles. The van der Waals surface area contributed by atoms with Crippen molar-refractivity contribution in [3.05, 3.63) is 24.3 Å². The van der Waals surface area contributed by atoms with Gasteiger partial charge in [-0.3, -0.25) is 9.10 Å². The molecule has 1 aromatic carbocycles. The summed E-state index contributed by atoms with van der Waals surface area (Å²) in [6.45, 7) is 4.27. The molecule has 0 radical (unpaired) electrons. The smallest absolute Gasteiger partial charge is 0.261 e. The van der Waals surface area contributed by atoms with Crippen molar-refractivity contribution in [1.82, 2.24) is 5.32 Å². The molecule has 0 aromatic heterocycles. The molecule has 7 heteroatoms. The van der Waals surface area contributed by atoms with Crippen LogP contribution in [0.1, 0.15) is 20.3 Å². The largest absolute Gasteiger partial charge is 0.481 e. The third-order valence-corrected chi connectivity index (χ3v) is 4.20. The lowest BCUT2D eigenvalue weighted by atomic mass is 10.2. The summed E-state index contributed by atoms with van der Waals surface area (Å²) in [5.41, 5.74) is 0.538. The molecular weight excluding hydrogens is 292 g/mol. The summed E-state index contributed by atoms with van der Waals surface area (Å²) < 4.78 is 29.7. The molecule has 1 aromatic rings. The van der Waals surface area contributed by atoms with Gasteiger partial charge in [0.15, 0.2) is 6.10 Å². The maximum absolute atomic E-state index is 11.8. The van der Waals surface area contributed by atoms with Gasteiger partial charge >= 0.3 is 0 Å². The van der Waals surface area contributed by atoms with Crippen LogP contribution in [0, 0.1) is 0 Å². The van der Waals surface area contributed by atoms with E-state index in [-0.39, 0.29) is 5.91 Å². The molecule has 0 bridgehead atoms. The number of benzene rings is 1. The molecule has 0 saturated carbocycles. The molecule has 1 amide bonds. The molecule has 0 aliphatic carbocycles. The molecule has 0 spiro atoms. The van der Waals surface area contributed by atoms with Gasteiger partial charge in [-0.15, -0.1) is 0 Å². The number of nitrogens with zero attached hydrogens (tertiary/aromatic N) is 1. The number of rotatable bonds is 7. The van der Waals surface area contributed by atoms with Gasteiger partial charge in [0.25, 0.3) is 5.91 Å². The Bertz CT molecular complexity index is 569. The Labute approximate surface area is 126 Å². The molecule has 1 rings (SSSR count). The van der Waals surface area contributed by atoms with E-state index in [1.165, 1.54) is 11.4 Å². The zero-order chi connectivity index (χ0) is 16.0. The SMILES string of the molecule is CCNC(=O)[C@H](CC)Oc1ccc(N(C)S(C)(=O)=O)cc1. The number of hydrogen-bond acceptors (Lipinski definition) is 4. The van der Waals surface area contributed by atoms with E-state index in [1.807, 2.05) is 13.8 Å². The zero-order valence-electron chi connectivity index (χ0n) is 12.8. The lowest BCUT2D eigenvalue weighted by molar-refractivity contribution is -0.128. The second-order valence-electron chi connectivity index (χ2n) is 4.63. The summed E-state index contributed by atoms with van der Waals surface area (Å²) in [7, 11) is -1.81. The van der Waals surface area contributed by atoms with Crippen molar-refractivity contribution in [2.75, 3.05) is 24.2 Å². The van der Waals surface area contributed by atoms with Gasteiger partial charge in [0.1, 0.15) is 5.75 Å². The first kappa shape index (κ1) is 17.3. The van der Waals surface area contributed by atoms with Crippen LogP contribution in [0.5, 0.6) is 5.75 Å². The van der Waals surface area contributed by atoms with Crippen molar-refractivity contribution in [2.24, 2.45) is 0 Å². The minimum atomic E-state index is -3.29. The summed E-state index contributed by atoms with van der Waals surface area (Å²) >= 11 is 0. The Kier molecular flexibility index (Phi) is 6.02. The predicted molar refractivity (Wildman–Crippen MR) is 83.1 cm³/mol. The highest BCUT2D eigenvalue weighted by Crippen LogP contribution is 2.21. The minimum absolute atomic E-state index is 0.155. The van der Waals surface area contributed by atoms with Crippen LogP contribution >= 0.6 is 0 Å². The van der Waals surface area contributed by atoms with Crippen LogP contribution in [0.3, 0.4) is 0 Å². The number of carbonyl (C=O) groups is 1. The third kappa shape index (κ3) is 4.93. The van der Waals surface area contributed by atoms with Gasteiger partial charge in [-0.1, -0.05) is 6.92 Å². The third-order valence-electron chi connectivity index (χ3n) is 2.99. The molecule has 0 heterocycles. The Morgan fingerprint density at radius 2 is 1.86 bits per heavy atom. The maximum atomic E-state index is 11.8. The average molecular weight is 314 g/mol. The molecular formula is C14H22N2O4S. The number of likely N-dealkylation sites (N-methyl/N-ethyl adjacent to an activating group) is 1. The van der Waals surface area contributed by atoms with Gasteiger partial charge < -0.3 is 10.1 Å². The van der Waals surface area contributed by atoms with E-state index in [4.69, 9.17) is 4.74 Å². The molecule has 21 heavy (non-hydrogen) atoms. The van der Waals surface area contributed by atoms with Crippen molar-refractivity contribution >= 4 is 21.6 Å². The van der Waals surface area contributed by atoms with Crippen molar-refractivity contribution < 1.29 is 17.9 Å². The van der Waals surface area contributed by atoms with Crippen LogP contribution in [-0.4, -0.2) is 40.3 Å². The lowest BCUT2D eigenvalue weighted by Crippen LogP contribution is -2.37. The standard InChI is InChI=1S/C14H22N2O4S/c1-5-13(14(17)15-6-2)20-12-9-7-11(8-10-12)16(3)21(4,18)19/h7-10,13H,5-6H2,1-4H3,(H,15,17)/t13-/m0/s1. The highest BCUT2D eigenvalue weighted by Gasteiger charge is 2.18. The Morgan fingerprint density at radius 1 is 1.29 bits per heavy atom. The molecule has 1 N–H and O–H groups in total. The highest BCUT2D eigenvalue weighted by molar-refractivity contribution is 7.92. The van der Waals surface area contributed by atoms with Gasteiger partial charge in [-0.05, 0) is 37.6 Å². The van der Waals surface area contributed by atoms with E-state index in [1.54, 1.807) is 24.3 Å². The topological polar surface area (TPSA) is 75.7 Å². The van der Waals surface area contributed by atoms with Gasteiger partial charge in [0.05, 0.1) is 11.9 Å². The fourth-order valence-electron chi connectivity index (χ4n) is 1.70. The normalized spacial score (nSPS) is 12.6. The summed E-state index contributed by atoms with van der Waals surface area (Å²) in [6, 6.07) is 6.58. The van der Waals surface area contributed by atoms with E-state index < -0.39 is 16.1 Å². The first-order valence-corrected chi connectivity index (χ1v) is 8.62. The minimum Gasteiger partial charge on any atom is -0.481 e. The van der Waals surface area contributed by atoms with Crippen LogP contribution in [0.2, 0.25) is 0 Å². The van der Waals surface area contributed by atoms with Crippen LogP contribution in [0.4, 0.5) is 5.69 Å². The molecule has 0 aliphatic rings. The van der Waals surface area contributed by atoms with Crippen molar-refractivity contribution in [2.45, 2.75) is 26.4 Å². The van der Waals surface area contributed by atoms with Gasteiger partial charge in [-0.2, -0.15) is 0 Å². The van der Waals surface area contributed by atoms with Crippen LogP contribution in [-0.2, 0) is 14.8 Å². The molecule has 0 fully saturated rings. The Morgan fingerprint density at radius 3 is 2.29 bits per heavy atom. The van der Waals surface area contributed by atoms with E-state index in [0.717, 1.165) is 6.26 Å². The molecule has 0 unspecified atom stereocenters. The first-order chi connectivity index (χ1) is 9.79. The van der Waals surface area contributed by atoms with Gasteiger partial charge in [0.2, 0.25) is 10.0 Å². The summed E-state index contributed by atoms with van der Waals surface area (Å²) in [4.78, 5) is 11.8. The summed E-state index contributed by atoms with van der Waals surface area (Å²) in [5, 5.41) is 2.71. The number of amides is 1. The number of nitrogens with one attached hydrogen (secondary N) is 1. The fourth-order valence-corrected chi connectivity index (χ4v) is 2.21. The molecule has 6 nitrogen and oxygen atoms in total. The number of sulfonamides is 1. The highest BCUT2D eigenvalue weighted by atomic mass is 32.2. The van der Waals surface area contributed by atoms with Crippen molar-refractivity contribution in [3.8, 4) is 5.75 Å². The molecule has 118 valence electrons. The van der Waals surface area contributed by atoms with Gasteiger partial charge in [-0.25, -0.2) is 8.42 Å². The number of ether oxygens (including phenoxy) is 1. The second-order valence-corrected chi connectivity index (χ2v) is 6.65. The van der Waals surface area contributed by atoms with Crippen molar-refractivity contribution in [3.63, 3.8) is 0 Å². The second kappa shape index (κ2) is 7.31. The average Bonchev–Trinajstić information content (AvgIpc) is 2.43. The van der Waals surface area contributed by atoms with E-state index in [2.05, 4.69) is 5.32 Å². The first-order valence-electron chi connectivity index (χ1n) is 6.77. The quantitative estimate of drug-likeness (QED) is 0.825. The monoisotopic (exact) mass is 314 g/mol. The summed E-state index contributed by atoms with van der Waals surface area (Å²) in [5.74, 6) is 0.371. The lowest BCUT2D eigenvalue weighted by Gasteiger charge is -2.19. The van der Waals surface area contributed by atoms with Gasteiger partial charge in [0, 0.05) is 13.6 Å². The van der Waals surface area contributed by atoms with Crippen molar-refractivity contribution in [1.29, 1.82) is 0 Å².